The average molecular weight is 312 g/mol. The summed E-state index contributed by atoms with van der Waals surface area (Å²) < 4.78 is 18.5. The molecule has 0 atom stereocenters. The van der Waals surface area contributed by atoms with Gasteiger partial charge in [-0.3, -0.25) is 15.6 Å². The zero-order valence-electron chi connectivity index (χ0n) is 12.7. The number of hydrogen-bond acceptors (Lipinski definition) is 3. The van der Waals surface area contributed by atoms with Gasteiger partial charge in [0.2, 0.25) is 0 Å². The van der Waals surface area contributed by atoms with Crippen LogP contribution in [0, 0.1) is 5.82 Å². The normalized spacial score (nSPS) is 10.3. The van der Waals surface area contributed by atoms with E-state index in [-0.39, 0.29) is 11.7 Å². The van der Waals surface area contributed by atoms with Crippen LogP contribution < -0.4 is 15.6 Å². The van der Waals surface area contributed by atoms with Crippen molar-refractivity contribution in [3.63, 3.8) is 0 Å². The van der Waals surface area contributed by atoms with Crippen LogP contribution in [0.1, 0.15) is 15.9 Å². The fraction of sp³-hybridized carbons (Fsp3) is 0.0556. The predicted octanol–water partition coefficient (Wildman–Crippen LogP) is 3.30. The molecule has 0 saturated heterocycles. The molecule has 4 nitrogen and oxygen atoms in total. The Kier molecular flexibility index (Phi) is 5.52. The highest BCUT2D eigenvalue weighted by Gasteiger charge is 2.04. The van der Waals surface area contributed by atoms with Gasteiger partial charge in [-0.1, -0.05) is 24.8 Å². The highest BCUT2D eigenvalue weighted by molar-refractivity contribution is 5.94. The maximum atomic E-state index is 13.5. The van der Waals surface area contributed by atoms with Crippen molar-refractivity contribution in [2.24, 2.45) is 0 Å². The van der Waals surface area contributed by atoms with Crippen molar-refractivity contribution in [1.82, 2.24) is 10.9 Å². The summed E-state index contributed by atoms with van der Waals surface area (Å²) in [6.45, 7) is 3.74. The molecule has 1 amide bonds. The summed E-state index contributed by atoms with van der Waals surface area (Å²) in [6.07, 6.45) is 3.15. The molecule has 0 spiro atoms. The highest BCUT2D eigenvalue weighted by Crippen LogP contribution is 2.11. The van der Waals surface area contributed by atoms with Gasteiger partial charge in [0.05, 0.1) is 7.11 Å². The summed E-state index contributed by atoms with van der Waals surface area (Å²) in [7, 11) is 1.56. The number of rotatable bonds is 6. The van der Waals surface area contributed by atoms with E-state index in [9.17, 15) is 9.18 Å². The Labute approximate surface area is 134 Å². The number of nitrogens with one attached hydrogen (secondary N) is 2. The topological polar surface area (TPSA) is 50.4 Å². The second-order valence-corrected chi connectivity index (χ2v) is 4.69. The molecule has 118 valence electrons. The number of allylic oxidation sites excluding steroid dienone is 1. The molecular formula is C18H17FN2O2. The van der Waals surface area contributed by atoms with Gasteiger partial charge >= 0.3 is 0 Å². The Balaban J connectivity index is 1.88. The number of ether oxygens (including phenoxy) is 1. The minimum atomic E-state index is -0.321. The van der Waals surface area contributed by atoms with Crippen LogP contribution in [0.3, 0.4) is 0 Å². The third-order valence-corrected chi connectivity index (χ3v) is 3.06. The first-order valence-corrected chi connectivity index (χ1v) is 6.92. The second kappa shape index (κ2) is 7.79. The molecule has 0 heterocycles. The third-order valence-electron chi connectivity index (χ3n) is 3.06. The smallest absolute Gasteiger partial charge is 0.269 e. The van der Waals surface area contributed by atoms with E-state index in [1.807, 2.05) is 0 Å². The number of benzene rings is 2. The molecule has 0 aliphatic heterocycles. The molecule has 0 aromatic heterocycles. The first-order chi connectivity index (χ1) is 11.1. The molecular weight excluding hydrogens is 295 g/mol. The first-order valence-electron chi connectivity index (χ1n) is 6.92. The standard InChI is InChI=1S/C18H17FN2O2/c1-13(7-8-14-5-3-4-6-17(14)19)20-21-18(22)15-9-11-16(23-2)12-10-15/h3-12,20H,1H2,2H3,(H,21,22). The van der Waals surface area contributed by atoms with Crippen LogP contribution in [0.4, 0.5) is 4.39 Å². The number of methoxy groups -OCH3 is 1. The minimum Gasteiger partial charge on any atom is -0.497 e. The van der Waals surface area contributed by atoms with Gasteiger partial charge in [0.15, 0.2) is 0 Å². The molecule has 0 aliphatic carbocycles. The van der Waals surface area contributed by atoms with Crippen LogP contribution in [-0.2, 0) is 0 Å². The predicted molar refractivity (Wildman–Crippen MR) is 88.2 cm³/mol. The van der Waals surface area contributed by atoms with Crippen molar-refractivity contribution in [3.8, 4) is 5.75 Å². The minimum absolute atomic E-state index is 0.312. The summed E-state index contributed by atoms with van der Waals surface area (Å²) in [5, 5.41) is 0. The molecule has 23 heavy (non-hydrogen) atoms. The quantitative estimate of drug-likeness (QED) is 0.635. The average Bonchev–Trinajstić information content (AvgIpc) is 2.59. The van der Waals surface area contributed by atoms with Crippen LogP contribution in [0.2, 0.25) is 0 Å². The van der Waals surface area contributed by atoms with Gasteiger partial charge < -0.3 is 4.74 Å². The van der Waals surface area contributed by atoms with Gasteiger partial charge in [-0.2, -0.15) is 0 Å². The number of amides is 1. The first kappa shape index (κ1) is 16.3. The van der Waals surface area contributed by atoms with Crippen LogP contribution in [0.15, 0.2) is 66.9 Å². The largest absolute Gasteiger partial charge is 0.497 e. The lowest BCUT2D eigenvalue weighted by Gasteiger charge is -2.08. The number of carbonyl (C=O) groups excluding carboxylic acids is 1. The number of carbonyl (C=O) groups is 1. The Morgan fingerprint density at radius 3 is 2.48 bits per heavy atom. The van der Waals surface area contributed by atoms with E-state index in [0.717, 1.165) is 0 Å². The molecule has 0 fully saturated rings. The van der Waals surface area contributed by atoms with Crippen molar-refractivity contribution in [2.45, 2.75) is 0 Å². The van der Waals surface area contributed by atoms with Gasteiger partial charge in [0.1, 0.15) is 11.6 Å². The molecule has 0 radical (unpaired) electrons. The number of hydrogen-bond donors (Lipinski definition) is 2. The lowest BCUT2D eigenvalue weighted by molar-refractivity contribution is 0.0939. The van der Waals surface area contributed by atoms with E-state index in [1.54, 1.807) is 61.7 Å². The van der Waals surface area contributed by atoms with Gasteiger partial charge in [0, 0.05) is 16.8 Å². The Morgan fingerprint density at radius 1 is 1.13 bits per heavy atom. The van der Waals surface area contributed by atoms with Gasteiger partial charge in [0.25, 0.3) is 5.91 Å². The van der Waals surface area contributed by atoms with E-state index in [4.69, 9.17) is 4.74 Å². The molecule has 0 saturated carbocycles. The van der Waals surface area contributed by atoms with E-state index >= 15 is 0 Å². The van der Waals surface area contributed by atoms with Crippen LogP contribution in [0.25, 0.3) is 6.08 Å². The highest BCUT2D eigenvalue weighted by atomic mass is 19.1. The monoisotopic (exact) mass is 312 g/mol. The van der Waals surface area contributed by atoms with Crippen LogP contribution in [-0.4, -0.2) is 13.0 Å². The summed E-state index contributed by atoms with van der Waals surface area (Å²) in [6, 6.07) is 13.1. The van der Waals surface area contributed by atoms with E-state index < -0.39 is 0 Å². The fourth-order valence-corrected chi connectivity index (χ4v) is 1.79. The van der Waals surface area contributed by atoms with E-state index in [2.05, 4.69) is 17.4 Å². The van der Waals surface area contributed by atoms with Crippen molar-refractivity contribution in [3.05, 3.63) is 83.8 Å². The van der Waals surface area contributed by atoms with E-state index in [1.165, 1.54) is 6.07 Å². The summed E-state index contributed by atoms with van der Waals surface area (Å²) in [5.74, 6) is 0.0404. The van der Waals surface area contributed by atoms with Crippen molar-refractivity contribution in [1.29, 1.82) is 0 Å². The fourth-order valence-electron chi connectivity index (χ4n) is 1.79. The molecule has 0 aliphatic rings. The molecule has 2 N–H and O–H groups in total. The molecule has 5 heteroatoms. The third kappa shape index (κ3) is 4.71. The summed E-state index contributed by atoms with van der Waals surface area (Å²) in [4.78, 5) is 11.9. The zero-order chi connectivity index (χ0) is 16.7. The van der Waals surface area contributed by atoms with Crippen LogP contribution >= 0.6 is 0 Å². The van der Waals surface area contributed by atoms with Crippen LogP contribution in [0.5, 0.6) is 5.75 Å². The zero-order valence-corrected chi connectivity index (χ0v) is 12.7. The molecule has 2 aromatic rings. The molecule has 2 rings (SSSR count). The number of hydrazine groups is 1. The Morgan fingerprint density at radius 2 is 1.83 bits per heavy atom. The van der Waals surface area contributed by atoms with Crippen molar-refractivity contribution < 1.29 is 13.9 Å². The van der Waals surface area contributed by atoms with Crippen molar-refractivity contribution >= 4 is 12.0 Å². The SMILES string of the molecule is C=C(C=Cc1ccccc1F)NNC(=O)c1ccc(OC)cc1. The van der Waals surface area contributed by atoms with Gasteiger partial charge in [-0.05, 0) is 42.5 Å². The molecule has 2 aromatic carbocycles. The Hall–Kier alpha value is -3.08. The lowest BCUT2D eigenvalue weighted by Crippen LogP contribution is -2.35. The molecule has 0 unspecified atom stereocenters. The summed E-state index contributed by atoms with van der Waals surface area (Å²) >= 11 is 0. The maximum absolute atomic E-state index is 13.5. The Bertz CT molecular complexity index is 724. The van der Waals surface area contributed by atoms with E-state index in [0.29, 0.717) is 22.6 Å². The summed E-state index contributed by atoms with van der Waals surface area (Å²) in [5.41, 5.74) is 6.52. The van der Waals surface area contributed by atoms with Gasteiger partial charge in [-0.25, -0.2) is 4.39 Å². The molecule has 0 bridgehead atoms. The van der Waals surface area contributed by atoms with Gasteiger partial charge in [-0.15, -0.1) is 0 Å². The number of halogens is 1. The van der Waals surface area contributed by atoms with Crippen molar-refractivity contribution in [2.75, 3.05) is 7.11 Å². The second-order valence-electron chi connectivity index (χ2n) is 4.69. The lowest BCUT2D eigenvalue weighted by atomic mass is 10.2. The maximum Gasteiger partial charge on any atom is 0.269 e.